The van der Waals surface area contributed by atoms with Gasteiger partial charge in [0.05, 0.1) is 5.75 Å². The molecule has 13 heavy (non-hydrogen) atoms. The fraction of sp³-hybridized carbons (Fsp3) is 0.222. The molecular formula is C9H12N2OS. The third-order valence-corrected chi connectivity index (χ3v) is 2.75. The highest BCUT2D eigenvalue weighted by atomic mass is 32.2. The number of hydrogen-bond acceptors (Lipinski definition) is 3. The minimum Gasteiger partial charge on any atom is -0.398 e. The van der Waals surface area contributed by atoms with Crippen LogP contribution in [0.5, 0.6) is 0 Å². The molecule has 0 aliphatic heterocycles. The van der Waals surface area contributed by atoms with Gasteiger partial charge in [0.15, 0.2) is 0 Å². The number of nitrogens with two attached hydrogens (primary N) is 2. The van der Waals surface area contributed by atoms with Crippen LogP contribution in [0.15, 0.2) is 23.1 Å². The van der Waals surface area contributed by atoms with Crippen molar-refractivity contribution in [3.63, 3.8) is 0 Å². The SMILES string of the molecule is Cc1cccc(SCC(N)=O)c1N. The molecule has 0 unspecified atom stereocenters. The Labute approximate surface area is 81.5 Å². The third kappa shape index (κ3) is 2.66. The van der Waals surface area contributed by atoms with E-state index in [9.17, 15) is 4.79 Å². The number of amides is 1. The summed E-state index contributed by atoms with van der Waals surface area (Å²) >= 11 is 1.37. The maximum atomic E-state index is 10.5. The molecule has 0 aliphatic rings. The molecule has 0 aromatic heterocycles. The van der Waals surface area contributed by atoms with Crippen LogP contribution in [0.1, 0.15) is 5.56 Å². The zero-order valence-electron chi connectivity index (χ0n) is 7.41. The van der Waals surface area contributed by atoms with Crippen LogP contribution in [0, 0.1) is 6.92 Å². The van der Waals surface area contributed by atoms with Crippen LogP contribution >= 0.6 is 11.8 Å². The van der Waals surface area contributed by atoms with Gasteiger partial charge in [-0.2, -0.15) is 0 Å². The minimum atomic E-state index is -0.328. The largest absolute Gasteiger partial charge is 0.398 e. The highest BCUT2D eigenvalue weighted by Gasteiger charge is 2.03. The number of carbonyl (C=O) groups excluding carboxylic acids is 1. The van der Waals surface area contributed by atoms with Crippen molar-refractivity contribution in [2.24, 2.45) is 5.73 Å². The zero-order chi connectivity index (χ0) is 9.84. The number of rotatable bonds is 3. The van der Waals surface area contributed by atoms with Crippen LogP contribution in [0.3, 0.4) is 0 Å². The lowest BCUT2D eigenvalue weighted by molar-refractivity contribution is -0.115. The summed E-state index contributed by atoms with van der Waals surface area (Å²) in [7, 11) is 0. The highest BCUT2D eigenvalue weighted by molar-refractivity contribution is 8.00. The van der Waals surface area contributed by atoms with E-state index in [-0.39, 0.29) is 11.7 Å². The molecule has 0 aliphatic carbocycles. The van der Waals surface area contributed by atoms with Gasteiger partial charge >= 0.3 is 0 Å². The van der Waals surface area contributed by atoms with Crippen LogP contribution in [-0.4, -0.2) is 11.7 Å². The monoisotopic (exact) mass is 196 g/mol. The molecule has 4 N–H and O–H groups in total. The molecule has 1 amide bonds. The maximum absolute atomic E-state index is 10.5. The van der Waals surface area contributed by atoms with Gasteiger partial charge in [-0.25, -0.2) is 0 Å². The fourth-order valence-corrected chi connectivity index (χ4v) is 1.72. The Morgan fingerprint density at radius 2 is 2.23 bits per heavy atom. The van der Waals surface area contributed by atoms with Crippen LogP contribution in [0.25, 0.3) is 0 Å². The summed E-state index contributed by atoms with van der Waals surface area (Å²) in [4.78, 5) is 11.4. The standard InChI is InChI=1S/C9H12N2OS/c1-6-3-2-4-7(9(6)11)13-5-8(10)12/h2-4H,5,11H2,1H3,(H2,10,12). The number of anilines is 1. The van der Waals surface area contributed by atoms with Crippen LogP contribution < -0.4 is 11.5 Å². The molecule has 1 aromatic rings. The van der Waals surface area contributed by atoms with E-state index in [0.29, 0.717) is 0 Å². The maximum Gasteiger partial charge on any atom is 0.227 e. The van der Waals surface area contributed by atoms with E-state index in [2.05, 4.69) is 0 Å². The number of carbonyl (C=O) groups is 1. The molecule has 0 heterocycles. The van der Waals surface area contributed by atoms with Crippen molar-refractivity contribution in [1.82, 2.24) is 0 Å². The van der Waals surface area contributed by atoms with Crippen molar-refractivity contribution in [3.8, 4) is 0 Å². The van der Waals surface area contributed by atoms with E-state index in [1.807, 2.05) is 25.1 Å². The zero-order valence-corrected chi connectivity index (χ0v) is 8.23. The second-order valence-electron chi connectivity index (χ2n) is 2.74. The number of nitrogen functional groups attached to an aromatic ring is 1. The predicted molar refractivity (Wildman–Crippen MR) is 55.5 cm³/mol. The predicted octanol–water partition coefficient (Wildman–Crippen LogP) is 1.15. The van der Waals surface area contributed by atoms with E-state index >= 15 is 0 Å². The molecule has 0 bridgehead atoms. The van der Waals surface area contributed by atoms with Crippen LogP contribution in [0.4, 0.5) is 5.69 Å². The molecule has 1 aromatic carbocycles. The summed E-state index contributed by atoms with van der Waals surface area (Å²) < 4.78 is 0. The van der Waals surface area contributed by atoms with Gasteiger partial charge < -0.3 is 11.5 Å². The fourth-order valence-electron chi connectivity index (χ4n) is 0.928. The van der Waals surface area contributed by atoms with Gasteiger partial charge in [-0.05, 0) is 18.6 Å². The smallest absolute Gasteiger partial charge is 0.227 e. The van der Waals surface area contributed by atoms with E-state index < -0.39 is 0 Å². The molecule has 0 spiro atoms. The van der Waals surface area contributed by atoms with Gasteiger partial charge in [-0.3, -0.25) is 4.79 Å². The molecule has 3 nitrogen and oxygen atoms in total. The van der Waals surface area contributed by atoms with E-state index in [4.69, 9.17) is 11.5 Å². The number of aryl methyl sites for hydroxylation is 1. The summed E-state index contributed by atoms with van der Waals surface area (Å²) in [6, 6.07) is 5.73. The summed E-state index contributed by atoms with van der Waals surface area (Å²) in [5, 5.41) is 0. The first-order valence-electron chi connectivity index (χ1n) is 3.87. The number of para-hydroxylation sites is 1. The van der Waals surface area contributed by atoms with Crippen molar-refractivity contribution >= 4 is 23.4 Å². The second-order valence-corrected chi connectivity index (χ2v) is 3.76. The molecule has 70 valence electrons. The number of hydrogen-bond donors (Lipinski definition) is 2. The van der Waals surface area contributed by atoms with Crippen molar-refractivity contribution in [3.05, 3.63) is 23.8 Å². The average molecular weight is 196 g/mol. The first-order valence-corrected chi connectivity index (χ1v) is 4.86. The topological polar surface area (TPSA) is 69.1 Å². The summed E-state index contributed by atoms with van der Waals surface area (Å²) in [5.41, 5.74) is 12.6. The van der Waals surface area contributed by atoms with E-state index in [1.54, 1.807) is 0 Å². The Morgan fingerprint density at radius 3 is 2.85 bits per heavy atom. The van der Waals surface area contributed by atoms with Gasteiger partial charge in [0.25, 0.3) is 0 Å². The first-order chi connectivity index (χ1) is 6.11. The lowest BCUT2D eigenvalue weighted by Crippen LogP contribution is -2.13. The van der Waals surface area contributed by atoms with Gasteiger partial charge in [0.1, 0.15) is 0 Å². The lowest BCUT2D eigenvalue weighted by atomic mass is 10.2. The third-order valence-electron chi connectivity index (χ3n) is 1.65. The highest BCUT2D eigenvalue weighted by Crippen LogP contribution is 2.26. The molecule has 4 heteroatoms. The second kappa shape index (κ2) is 4.18. The van der Waals surface area contributed by atoms with Crippen LogP contribution in [-0.2, 0) is 4.79 Å². The Bertz CT molecular complexity index is 325. The Balaban J connectivity index is 2.77. The summed E-state index contributed by atoms with van der Waals surface area (Å²) in [6.07, 6.45) is 0. The quantitative estimate of drug-likeness (QED) is 0.563. The Hall–Kier alpha value is -1.16. The molecular weight excluding hydrogens is 184 g/mol. The molecule has 0 fully saturated rings. The molecule has 0 atom stereocenters. The van der Waals surface area contributed by atoms with Gasteiger partial charge in [0.2, 0.25) is 5.91 Å². The van der Waals surface area contributed by atoms with Crippen molar-refractivity contribution in [2.75, 3.05) is 11.5 Å². The molecule has 0 radical (unpaired) electrons. The van der Waals surface area contributed by atoms with E-state index in [1.165, 1.54) is 11.8 Å². The van der Waals surface area contributed by atoms with Crippen molar-refractivity contribution < 1.29 is 4.79 Å². The van der Waals surface area contributed by atoms with Gasteiger partial charge in [-0.1, -0.05) is 12.1 Å². The Kier molecular flexibility index (Phi) is 3.19. The first kappa shape index (κ1) is 9.92. The van der Waals surface area contributed by atoms with Gasteiger partial charge in [0, 0.05) is 10.6 Å². The van der Waals surface area contributed by atoms with Crippen molar-refractivity contribution in [1.29, 1.82) is 0 Å². The minimum absolute atomic E-state index is 0.271. The summed E-state index contributed by atoms with van der Waals surface area (Å²) in [6.45, 7) is 1.93. The number of primary amides is 1. The normalized spacial score (nSPS) is 9.92. The van der Waals surface area contributed by atoms with Gasteiger partial charge in [-0.15, -0.1) is 11.8 Å². The molecule has 1 rings (SSSR count). The Morgan fingerprint density at radius 1 is 1.54 bits per heavy atom. The van der Waals surface area contributed by atoms with Crippen LogP contribution in [0.2, 0.25) is 0 Å². The summed E-state index contributed by atoms with van der Waals surface area (Å²) in [5.74, 6) is -0.0564. The average Bonchev–Trinajstić information content (AvgIpc) is 2.07. The lowest BCUT2D eigenvalue weighted by Gasteiger charge is -2.05. The number of thioether (sulfide) groups is 1. The van der Waals surface area contributed by atoms with E-state index in [0.717, 1.165) is 16.1 Å². The van der Waals surface area contributed by atoms with Crippen molar-refractivity contribution in [2.45, 2.75) is 11.8 Å². The number of benzene rings is 1. The molecule has 0 saturated heterocycles. The molecule has 0 saturated carbocycles.